The predicted octanol–water partition coefficient (Wildman–Crippen LogP) is 2.20. The van der Waals surface area contributed by atoms with Gasteiger partial charge in [-0.05, 0) is 31.2 Å². The molecule has 6 heteroatoms. The molecule has 1 aliphatic rings. The first-order chi connectivity index (χ1) is 9.90. The Kier molecular flexibility index (Phi) is 5.24. The number of nitrogens with zero attached hydrogens (tertiary/aromatic N) is 2. The third-order valence-electron chi connectivity index (χ3n) is 4.01. The van der Waals surface area contributed by atoms with Crippen LogP contribution in [0.4, 0.5) is 13.2 Å². The van der Waals surface area contributed by atoms with Crippen LogP contribution < -0.4 is 0 Å². The number of aliphatic hydroxyl groups excluding tert-OH is 1. The molecule has 1 saturated heterocycles. The van der Waals surface area contributed by atoms with E-state index in [2.05, 4.69) is 9.80 Å². The number of benzene rings is 1. The summed E-state index contributed by atoms with van der Waals surface area (Å²) in [5, 5.41) is 9.07. The maximum Gasteiger partial charge on any atom is 0.416 e. The summed E-state index contributed by atoms with van der Waals surface area (Å²) < 4.78 is 37.6. The smallest absolute Gasteiger partial charge is 0.396 e. The average molecular weight is 302 g/mol. The highest BCUT2D eigenvalue weighted by molar-refractivity contribution is 5.24. The number of aliphatic hydroxyl groups is 1. The van der Waals surface area contributed by atoms with Crippen molar-refractivity contribution in [3.8, 4) is 0 Å². The number of likely N-dealkylation sites (N-methyl/N-ethyl adjacent to an activating group) is 1. The maximum absolute atomic E-state index is 12.5. The Morgan fingerprint density at radius 2 is 1.86 bits per heavy atom. The van der Waals surface area contributed by atoms with Crippen LogP contribution in [0.5, 0.6) is 0 Å². The first kappa shape index (κ1) is 16.3. The van der Waals surface area contributed by atoms with Crippen molar-refractivity contribution in [2.75, 3.05) is 33.3 Å². The summed E-state index contributed by atoms with van der Waals surface area (Å²) in [6.07, 6.45) is -3.56. The summed E-state index contributed by atoms with van der Waals surface area (Å²) in [4.78, 5) is 4.45. The van der Waals surface area contributed by atoms with Gasteiger partial charge >= 0.3 is 6.18 Å². The van der Waals surface area contributed by atoms with Crippen molar-refractivity contribution in [2.24, 2.45) is 0 Å². The number of halogens is 3. The van der Waals surface area contributed by atoms with Crippen LogP contribution in [0.25, 0.3) is 0 Å². The lowest BCUT2D eigenvalue weighted by Gasteiger charge is -2.39. The van der Waals surface area contributed by atoms with Crippen molar-refractivity contribution in [2.45, 2.75) is 25.2 Å². The summed E-state index contributed by atoms with van der Waals surface area (Å²) in [6, 6.07) is 5.66. The maximum atomic E-state index is 12.5. The van der Waals surface area contributed by atoms with Crippen LogP contribution in [0.1, 0.15) is 17.5 Å². The van der Waals surface area contributed by atoms with Crippen LogP contribution in [0.15, 0.2) is 24.3 Å². The van der Waals surface area contributed by atoms with Gasteiger partial charge in [-0.1, -0.05) is 12.1 Å². The van der Waals surface area contributed by atoms with Crippen LogP contribution >= 0.6 is 0 Å². The number of alkyl halides is 3. The number of rotatable bonds is 4. The molecule has 2 rings (SSSR count). The molecule has 0 unspecified atom stereocenters. The van der Waals surface area contributed by atoms with Crippen LogP contribution in [0.2, 0.25) is 0 Å². The van der Waals surface area contributed by atoms with Crippen molar-refractivity contribution in [1.82, 2.24) is 9.80 Å². The molecule has 1 aliphatic heterocycles. The third kappa shape index (κ3) is 4.43. The van der Waals surface area contributed by atoms with E-state index in [0.717, 1.165) is 43.8 Å². The Balaban J connectivity index is 1.95. The first-order valence-corrected chi connectivity index (χ1v) is 7.09. The van der Waals surface area contributed by atoms with Gasteiger partial charge in [-0.2, -0.15) is 13.2 Å². The van der Waals surface area contributed by atoms with E-state index in [1.165, 1.54) is 0 Å². The molecular formula is C15H21F3N2O. The van der Waals surface area contributed by atoms with Gasteiger partial charge in [0, 0.05) is 38.8 Å². The minimum Gasteiger partial charge on any atom is -0.396 e. The fourth-order valence-corrected chi connectivity index (χ4v) is 2.67. The van der Waals surface area contributed by atoms with Gasteiger partial charge in [-0.15, -0.1) is 0 Å². The van der Waals surface area contributed by atoms with Gasteiger partial charge in [0.05, 0.1) is 5.56 Å². The van der Waals surface area contributed by atoms with E-state index in [0.29, 0.717) is 12.6 Å². The Hall–Kier alpha value is -1.11. The van der Waals surface area contributed by atoms with E-state index in [-0.39, 0.29) is 6.61 Å². The zero-order valence-corrected chi connectivity index (χ0v) is 12.1. The minimum absolute atomic E-state index is 0.156. The molecule has 0 saturated carbocycles. The zero-order valence-electron chi connectivity index (χ0n) is 12.1. The second-order valence-electron chi connectivity index (χ2n) is 5.58. The van der Waals surface area contributed by atoms with Crippen LogP contribution in [0.3, 0.4) is 0 Å². The van der Waals surface area contributed by atoms with Gasteiger partial charge in [0.25, 0.3) is 0 Å². The first-order valence-electron chi connectivity index (χ1n) is 7.09. The van der Waals surface area contributed by atoms with Crippen molar-refractivity contribution < 1.29 is 18.3 Å². The lowest BCUT2D eigenvalue weighted by molar-refractivity contribution is -0.137. The number of hydrogen-bond acceptors (Lipinski definition) is 3. The van der Waals surface area contributed by atoms with Crippen molar-refractivity contribution in [3.63, 3.8) is 0 Å². The van der Waals surface area contributed by atoms with Crippen molar-refractivity contribution in [1.29, 1.82) is 0 Å². The van der Waals surface area contributed by atoms with Crippen LogP contribution in [-0.2, 0) is 12.7 Å². The van der Waals surface area contributed by atoms with E-state index in [1.54, 1.807) is 12.1 Å². The van der Waals surface area contributed by atoms with E-state index >= 15 is 0 Å². The predicted molar refractivity (Wildman–Crippen MR) is 74.8 cm³/mol. The molecule has 0 radical (unpaired) electrons. The molecule has 1 aromatic carbocycles. The van der Waals surface area contributed by atoms with E-state index in [9.17, 15) is 13.2 Å². The van der Waals surface area contributed by atoms with Gasteiger partial charge < -0.3 is 10.0 Å². The second-order valence-corrected chi connectivity index (χ2v) is 5.58. The molecule has 1 N–H and O–H groups in total. The highest BCUT2D eigenvalue weighted by atomic mass is 19.4. The van der Waals surface area contributed by atoms with Gasteiger partial charge in [-0.25, -0.2) is 0 Å². The largest absolute Gasteiger partial charge is 0.416 e. The molecule has 0 aromatic heterocycles. The van der Waals surface area contributed by atoms with Gasteiger partial charge in [0.2, 0.25) is 0 Å². The number of hydrogen-bond donors (Lipinski definition) is 1. The molecule has 0 aliphatic carbocycles. The fraction of sp³-hybridized carbons (Fsp3) is 0.600. The van der Waals surface area contributed by atoms with Crippen LogP contribution in [-0.4, -0.2) is 54.2 Å². The quantitative estimate of drug-likeness (QED) is 0.924. The number of piperazine rings is 1. The lowest BCUT2D eigenvalue weighted by Crippen LogP contribution is -2.51. The second kappa shape index (κ2) is 6.77. The molecule has 0 amide bonds. The van der Waals surface area contributed by atoms with Gasteiger partial charge in [-0.3, -0.25) is 4.90 Å². The Morgan fingerprint density at radius 1 is 1.19 bits per heavy atom. The molecule has 3 nitrogen and oxygen atoms in total. The summed E-state index contributed by atoms with van der Waals surface area (Å²) in [6.45, 7) is 3.43. The third-order valence-corrected chi connectivity index (χ3v) is 4.01. The minimum atomic E-state index is -4.28. The van der Waals surface area contributed by atoms with Gasteiger partial charge in [0.1, 0.15) is 0 Å². The average Bonchev–Trinajstić information content (AvgIpc) is 2.42. The van der Waals surface area contributed by atoms with Crippen molar-refractivity contribution in [3.05, 3.63) is 35.4 Å². The molecule has 1 fully saturated rings. The molecule has 0 bridgehead atoms. The molecular weight excluding hydrogens is 281 g/mol. The molecule has 0 spiro atoms. The molecule has 1 atom stereocenters. The summed E-state index contributed by atoms with van der Waals surface area (Å²) in [5.74, 6) is 0. The topological polar surface area (TPSA) is 26.7 Å². The summed E-state index contributed by atoms with van der Waals surface area (Å²) in [7, 11) is 2.04. The standard InChI is InChI=1S/C15H21F3N2O/c1-19-7-8-20(11-14(19)6-9-21)10-12-2-4-13(5-3-12)15(16,17)18/h2-5,14,21H,6-11H2,1H3/t14-/m1/s1. The molecule has 1 heterocycles. The van der Waals surface area contributed by atoms with Gasteiger partial charge in [0.15, 0.2) is 0 Å². The SMILES string of the molecule is CN1CCN(Cc2ccc(C(F)(F)F)cc2)C[C@H]1CCO. The molecule has 1 aromatic rings. The monoisotopic (exact) mass is 302 g/mol. The Morgan fingerprint density at radius 3 is 2.43 bits per heavy atom. The molecule has 118 valence electrons. The Labute approximate surface area is 123 Å². The molecule has 21 heavy (non-hydrogen) atoms. The zero-order chi connectivity index (χ0) is 15.5. The van der Waals surface area contributed by atoms with Crippen molar-refractivity contribution >= 4 is 0 Å². The lowest BCUT2D eigenvalue weighted by atomic mass is 10.1. The highest BCUT2D eigenvalue weighted by Gasteiger charge is 2.30. The summed E-state index contributed by atoms with van der Waals surface area (Å²) >= 11 is 0. The fourth-order valence-electron chi connectivity index (χ4n) is 2.67. The van der Waals surface area contributed by atoms with E-state index in [1.807, 2.05) is 7.05 Å². The Bertz CT molecular complexity index is 447. The van der Waals surface area contributed by atoms with E-state index in [4.69, 9.17) is 5.11 Å². The summed E-state index contributed by atoms with van der Waals surface area (Å²) in [5.41, 5.74) is 0.276. The highest BCUT2D eigenvalue weighted by Crippen LogP contribution is 2.29. The normalized spacial score (nSPS) is 21.7. The van der Waals surface area contributed by atoms with E-state index < -0.39 is 11.7 Å². The van der Waals surface area contributed by atoms with Crippen LogP contribution in [0, 0.1) is 0 Å².